The van der Waals surface area contributed by atoms with E-state index in [4.69, 9.17) is 5.73 Å². The molecule has 2 atom stereocenters. The summed E-state index contributed by atoms with van der Waals surface area (Å²) in [6, 6.07) is 10.0. The van der Waals surface area contributed by atoms with Crippen molar-refractivity contribution >= 4 is 29.2 Å². The molecule has 0 bridgehead atoms. The molecule has 1 amide bonds. The number of carbonyl (C=O) groups is 1. The summed E-state index contributed by atoms with van der Waals surface area (Å²) in [4.78, 5) is 24.0. The van der Waals surface area contributed by atoms with Crippen LogP contribution in [0.25, 0.3) is 0 Å². The Morgan fingerprint density at radius 1 is 1.32 bits per heavy atom. The highest BCUT2D eigenvalue weighted by Gasteiger charge is 2.36. The Hall–Kier alpha value is -2.08. The van der Waals surface area contributed by atoms with Crippen LogP contribution in [0, 0.1) is 12.8 Å². The van der Waals surface area contributed by atoms with Crippen molar-refractivity contribution in [3.63, 3.8) is 0 Å². The van der Waals surface area contributed by atoms with E-state index in [1.807, 2.05) is 30.0 Å². The van der Waals surface area contributed by atoms with Crippen LogP contribution in [0.4, 0.5) is 11.5 Å². The Kier molecular flexibility index (Phi) is 4.99. The molecule has 0 saturated heterocycles. The first kappa shape index (κ1) is 17.7. The summed E-state index contributed by atoms with van der Waals surface area (Å²) >= 11 is 1.40. The van der Waals surface area contributed by atoms with Crippen LogP contribution in [0.15, 0.2) is 35.5 Å². The molecule has 0 radical (unpaired) electrons. The highest BCUT2D eigenvalue weighted by atomic mass is 32.2. The molecule has 2 N–H and O–H groups in total. The summed E-state index contributed by atoms with van der Waals surface area (Å²) in [6.07, 6.45) is 0.894. The van der Waals surface area contributed by atoms with Gasteiger partial charge in [0.15, 0.2) is 5.16 Å². The fraction of sp³-hybridized carbons (Fsp3) is 0.421. The lowest BCUT2D eigenvalue weighted by atomic mass is 10.1. The quantitative estimate of drug-likeness (QED) is 0.671. The molecular formula is C19H24N4OS. The van der Waals surface area contributed by atoms with Gasteiger partial charge in [0, 0.05) is 23.5 Å². The molecule has 2 heterocycles. The van der Waals surface area contributed by atoms with E-state index in [0.29, 0.717) is 11.0 Å². The number of hydrogen-bond acceptors (Lipinski definition) is 5. The number of fused-ring (bicyclic) bond motifs is 1. The van der Waals surface area contributed by atoms with Crippen molar-refractivity contribution in [2.45, 2.75) is 50.6 Å². The second-order valence-corrected chi connectivity index (χ2v) is 8.00. The van der Waals surface area contributed by atoms with Crippen LogP contribution >= 0.6 is 11.8 Å². The zero-order valence-electron chi connectivity index (χ0n) is 15.1. The average molecular weight is 356 g/mol. The lowest BCUT2D eigenvalue weighted by molar-refractivity contribution is -0.119. The average Bonchev–Trinajstić information content (AvgIpc) is 2.86. The molecule has 1 aliphatic heterocycles. The van der Waals surface area contributed by atoms with Gasteiger partial charge >= 0.3 is 0 Å². The Labute approximate surface area is 153 Å². The Bertz CT molecular complexity index is 772. The first-order valence-electron chi connectivity index (χ1n) is 8.55. The van der Waals surface area contributed by atoms with E-state index in [2.05, 4.69) is 36.8 Å². The predicted molar refractivity (Wildman–Crippen MR) is 103 cm³/mol. The van der Waals surface area contributed by atoms with Crippen molar-refractivity contribution in [3.8, 4) is 0 Å². The zero-order chi connectivity index (χ0) is 18.1. The largest absolute Gasteiger partial charge is 0.384 e. The molecule has 2 aromatic rings. The Morgan fingerprint density at radius 3 is 2.72 bits per heavy atom. The number of nitrogens with two attached hydrogens (primary N) is 1. The number of hydrogen-bond donors (Lipinski definition) is 1. The Balaban J connectivity index is 1.89. The number of aromatic nitrogens is 2. The van der Waals surface area contributed by atoms with Crippen LogP contribution in [0.2, 0.25) is 0 Å². The number of nitrogens with zero attached hydrogens (tertiary/aromatic N) is 3. The molecule has 1 aromatic heterocycles. The molecule has 2 unspecified atom stereocenters. The normalized spacial score (nSPS) is 17.6. The van der Waals surface area contributed by atoms with Crippen molar-refractivity contribution < 1.29 is 4.79 Å². The number of rotatable bonds is 4. The van der Waals surface area contributed by atoms with Crippen molar-refractivity contribution in [2.24, 2.45) is 5.92 Å². The summed E-state index contributed by atoms with van der Waals surface area (Å²) in [7, 11) is 0. The molecule has 1 aliphatic rings. The fourth-order valence-corrected chi connectivity index (χ4v) is 4.31. The maximum atomic E-state index is 13.4. The highest BCUT2D eigenvalue weighted by Crippen LogP contribution is 2.36. The standard InChI is InChI=1S/C19H24N4OS/c1-11(2)17(25-19-21-12(3)9-16(20)22-19)18(24)23-13(4)10-14-7-5-6-8-15(14)23/h5-9,11,13,17H,10H2,1-4H3,(H2,20,21,22). The lowest BCUT2D eigenvalue weighted by Gasteiger charge is -2.29. The monoisotopic (exact) mass is 356 g/mol. The van der Waals surface area contributed by atoms with Gasteiger partial charge in [0.25, 0.3) is 0 Å². The van der Waals surface area contributed by atoms with Crippen LogP contribution in [-0.4, -0.2) is 27.2 Å². The number of thioether (sulfide) groups is 1. The summed E-state index contributed by atoms with van der Waals surface area (Å²) in [6.45, 7) is 8.09. The molecule has 3 rings (SSSR count). The van der Waals surface area contributed by atoms with E-state index in [-0.39, 0.29) is 23.1 Å². The fourth-order valence-electron chi connectivity index (χ4n) is 3.24. The number of nitrogen functional groups attached to an aromatic ring is 1. The molecule has 0 aliphatic carbocycles. The van der Waals surface area contributed by atoms with Crippen LogP contribution in [0.3, 0.4) is 0 Å². The van der Waals surface area contributed by atoms with E-state index in [9.17, 15) is 4.79 Å². The van der Waals surface area contributed by atoms with Gasteiger partial charge in [0.2, 0.25) is 5.91 Å². The predicted octanol–water partition coefficient (Wildman–Crippen LogP) is 3.46. The van der Waals surface area contributed by atoms with E-state index >= 15 is 0 Å². The summed E-state index contributed by atoms with van der Waals surface area (Å²) in [5.41, 5.74) is 8.90. The lowest BCUT2D eigenvalue weighted by Crippen LogP contribution is -2.43. The van der Waals surface area contributed by atoms with E-state index in [1.165, 1.54) is 17.3 Å². The van der Waals surface area contributed by atoms with Crippen molar-refractivity contribution in [1.82, 2.24) is 9.97 Å². The highest BCUT2D eigenvalue weighted by molar-refractivity contribution is 8.00. The van der Waals surface area contributed by atoms with Gasteiger partial charge in [-0.3, -0.25) is 4.79 Å². The number of anilines is 2. The van der Waals surface area contributed by atoms with Gasteiger partial charge < -0.3 is 10.6 Å². The van der Waals surface area contributed by atoms with Crippen LogP contribution in [0.1, 0.15) is 32.0 Å². The second kappa shape index (κ2) is 7.04. The van der Waals surface area contributed by atoms with Crippen LogP contribution < -0.4 is 10.6 Å². The number of para-hydroxylation sites is 1. The third kappa shape index (κ3) is 3.63. The first-order valence-corrected chi connectivity index (χ1v) is 9.43. The van der Waals surface area contributed by atoms with E-state index in [1.54, 1.807) is 6.07 Å². The van der Waals surface area contributed by atoms with Crippen LogP contribution in [-0.2, 0) is 11.2 Å². The third-order valence-electron chi connectivity index (χ3n) is 4.38. The van der Waals surface area contributed by atoms with Gasteiger partial charge in [0.1, 0.15) is 5.82 Å². The van der Waals surface area contributed by atoms with Crippen molar-refractivity contribution in [1.29, 1.82) is 0 Å². The van der Waals surface area contributed by atoms with Gasteiger partial charge in [-0.1, -0.05) is 43.8 Å². The minimum Gasteiger partial charge on any atom is -0.384 e. The molecule has 6 heteroatoms. The molecule has 0 saturated carbocycles. The molecule has 25 heavy (non-hydrogen) atoms. The second-order valence-electron chi connectivity index (χ2n) is 6.89. The summed E-state index contributed by atoms with van der Waals surface area (Å²) in [5, 5.41) is 0.305. The maximum Gasteiger partial charge on any atom is 0.241 e. The van der Waals surface area contributed by atoms with E-state index in [0.717, 1.165) is 17.8 Å². The van der Waals surface area contributed by atoms with Gasteiger partial charge in [-0.2, -0.15) is 0 Å². The topological polar surface area (TPSA) is 72.1 Å². The van der Waals surface area contributed by atoms with Crippen molar-refractivity contribution in [2.75, 3.05) is 10.6 Å². The van der Waals surface area contributed by atoms with Crippen molar-refractivity contribution in [3.05, 3.63) is 41.6 Å². The SMILES string of the molecule is Cc1cc(N)nc(SC(C(=O)N2c3ccccc3CC2C)C(C)C)n1. The molecule has 0 spiro atoms. The van der Waals surface area contributed by atoms with Gasteiger partial charge in [-0.15, -0.1) is 0 Å². The summed E-state index contributed by atoms with van der Waals surface area (Å²) in [5.74, 6) is 0.703. The number of aryl methyl sites for hydroxylation is 1. The summed E-state index contributed by atoms with van der Waals surface area (Å²) < 4.78 is 0. The molecule has 5 nitrogen and oxygen atoms in total. The van der Waals surface area contributed by atoms with Gasteiger partial charge in [-0.05, 0) is 37.8 Å². The zero-order valence-corrected chi connectivity index (χ0v) is 15.9. The molecular weight excluding hydrogens is 332 g/mol. The number of amides is 1. The third-order valence-corrected chi connectivity index (χ3v) is 5.77. The van der Waals surface area contributed by atoms with Gasteiger partial charge in [-0.25, -0.2) is 9.97 Å². The Morgan fingerprint density at radius 2 is 2.04 bits per heavy atom. The number of carbonyl (C=O) groups excluding carboxylic acids is 1. The molecule has 0 fully saturated rings. The van der Waals surface area contributed by atoms with Gasteiger partial charge in [0.05, 0.1) is 5.25 Å². The maximum absolute atomic E-state index is 13.4. The molecule has 132 valence electrons. The smallest absolute Gasteiger partial charge is 0.241 e. The first-order chi connectivity index (χ1) is 11.9. The minimum absolute atomic E-state index is 0.112. The minimum atomic E-state index is -0.255. The number of benzene rings is 1. The van der Waals surface area contributed by atoms with Crippen LogP contribution in [0.5, 0.6) is 0 Å². The molecule has 1 aromatic carbocycles. The van der Waals surface area contributed by atoms with E-state index < -0.39 is 0 Å².